The predicted octanol–water partition coefficient (Wildman–Crippen LogP) is 7.73. The van der Waals surface area contributed by atoms with Crippen LogP contribution in [0.25, 0.3) is 11.3 Å². The zero-order chi connectivity index (χ0) is 31.1. The number of aryl methyl sites for hydroxylation is 1. The molecule has 0 saturated carbocycles. The molecule has 2 atom stereocenters. The van der Waals surface area contributed by atoms with Gasteiger partial charge in [-0.25, -0.2) is 14.7 Å². The highest BCUT2D eigenvalue weighted by Crippen LogP contribution is 2.40. The van der Waals surface area contributed by atoms with Crippen molar-refractivity contribution in [1.29, 1.82) is 0 Å². The Morgan fingerprint density at radius 1 is 1.14 bits per heavy atom. The van der Waals surface area contributed by atoms with Crippen LogP contribution >= 0.6 is 11.3 Å². The number of alkyl halides is 3. The van der Waals surface area contributed by atoms with E-state index in [2.05, 4.69) is 16.9 Å². The summed E-state index contributed by atoms with van der Waals surface area (Å²) in [5.74, 6) is -1.47. The number of carbonyl (C=O) groups excluding carboxylic acids is 1. The van der Waals surface area contributed by atoms with Crippen LogP contribution in [0.4, 0.5) is 33.2 Å². The minimum Gasteiger partial charge on any atom is -0.480 e. The zero-order valence-electron chi connectivity index (χ0n) is 23.6. The first-order valence-electron chi connectivity index (χ1n) is 13.6. The van der Waals surface area contributed by atoms with Crippen molar-refractivity contribution in [2.24, 2.45) is 5.73 Å². The van der Waals surface area contributed by atoms with E-state index in [0.717, 1.165) is 45.1 Å². The molecule has 0 fully saturated rings. The van der Waals surface area contributed by atoms with Crippen LogP contribution < -0.4 is 10.6 Å². The molecule has 2 heterocycles. The maximum atomic E-state index is 15.0. The molecular weight excluding hydrogens is 576 g/mol. The van der Waals surface area contributed by atoms with Gasteiger partial charge in [0.25, 0.3) is 0 Å². The lowest BCUT2D eigenvalue weighted by Gasteiger charge is -2.29. The SMILES string of the molecule is CCCCCCCCc1ccc(N(C(=O)OC(C)C(C)(N)C(=O)O)c2nc(-c3cccnc3)c(F)s2)cc1C(F)(F)F. The third kappa shape index (κ3) is 8.03. The Labute approximate surface area is 245 Å². The Balaban J connectivity index is 2.03. The molecule has 1 amide bonds. The molecule has 42 heavy (non-hydrogen) atoms. The predicted molar refractivity (Wildman–Crippen MR) is 152 cm³/mol. The van der Waals surface area contributed by atoms with Crippen molar-refractivity contribution in [2.45, 2.75) is 83.5 Å². The van der Waals surface area contributed by atoms with Crippen LogP contribution in [0, 0.1) is 5.13 Å². The van der Waals surface area contributed by atoms with E-state index < -0.39 is 40.6 Å². The van der Waals surface area contributed by atoms with Gasteiger partial charge in [0.05, 0.1) is 11.3 Å². The van der Waals surface area contributed by atoms with Crippen molar-refractivity contribution >= 4 is 34.2 Å². The van der Waals surface area contributed by atoms with Crippen molar-refractivity contribution in [3.05, 3.63) is 59.0 Å². The molecule has 0 radical (unpaired) electrons. The molecule has 1 aromatic carbocycles. The van der Waals surface area contributed by atoms with Gasteiger partial charge in [-0.2, -0.15) is 17.6 Å². The molecule has 2 aromatic heterocycles. The number of carboxylic acid groups (broad SMARTS) is 1. The number of hydrogen-bond donors (Lipinski definition) is 2. The Kier molecular flexibility index (Phi) is 11.0. The maximum Gasteiger partial charge on any atom is 0.421 e. The second-order valence-electron chi connectivity index (χ2n) is 10.2. The Hall–Kier alpha value is -3.58. The van der Waals surface area contributed by atoms with Gasteiger partial charge >= 0.3 is 18.2 Å². The lowest BCUT2D eigenvalue weighted by molar-refractivity contribution is -0.146. The maximum absolute atomic E-state index is 15.0. The monoisotopic (exact) mass is 610 g/mol. The van der Waals surface area contributed by atoms with E-state index in [9.17, 15) is 27.9 Å². The number of ether oxygens (including phenoxy) is 1. The van der Waals surface area contributed by atoms with Crippen LogP contribution in [0.15, 0.2) is 42.7 Å². The van der Waals surface area contributed by atoms with Crippen molar-refractivity contribution in [1.82, 2.24) is 9.97 Å². The normalized spacial score (nSPS) is 13.8. The Bertz CT molecular complexity index is 1370. The molecule has 0 aliphatic heterocycles. The number of amides is 1. The highest BCUT2D eigenvalue weighted by Gasteiger charge is 2.40. The molecule has 228 valence electrons. The number of anilines is 2. The summed E-state index contributed by atoms with van der Waals surface area (Å²) >= 11 is 0.413. The van der Waals surface area contributed by atoms with Crippen LogP contribution in [-0.4, -0.2) is 38.8 Å². The molecule has 0 spiro atoms. The lowest BCUT2D eigenvalue weighted by atomic mass is 9.98. The highest BCUT2D eigenvalue weighted by molar-refractivity contribution is 7.14. The minimum atomic E-state index is -4.75. The average molecular weight is 611 g/mol. The number of carbonyl (C=O) groups is 2. The molecule has 3 N–H and O–H groups in total. The zero-order valence-corrected chi connectivity index (χ0v) is 24.4. The summed E-state index contributed by atoms with van der Waals surface area (Å²) in [6, 6.07) is 6.46. The minimum absolute atomic E-state index is 0.0604. The number of aromatic nitrogens is 2. The van der Waals surface area contributed by atoms with Gasteiger partial charge in [0.2, 0.25) is 10.3 Å². The van der Waals surface area contributed by atoms with Gasteiger partial charge in [0.15, 0.2) is 0 Å². The molecule has 0 bridgehead atoms. The average Bonchev–Trinajstić information content (AvgIpc) is 3.31. The van der Waals surface area contributed by atoms with Gasteiger partial charge < -0.3 is 15.6 Å². The Morgan fingerprint density at radius 3 is 2.45 bits per heavy atom. The number of thiazole rings is 1. The number of rotatable bonds is 13. The Morgan fingerprint density at radius 2 is 1.83 bits per heavy atom. The van der Waals surface area contributed by atoms with Gasteiger partial charge in [-0.3, -0.25) is 9.78 Å². The number of carboxylic acids is 1. The van der Waals surface area contributed by atoms with Crippen LogP contribution in [-0.2, 0) is 22.1 Å². The summed E-state index contributed by atoms with van der Waals surface area (Å²) in [4.78, 5) is 33.8. The van der Waals surface area contributed by atoms with E-state index in [0.29, 0.717) is 22.7 Å². The van der Waals surface area contributed by atoms with Crippen molar-refractivity contribution in [3.63, 3.8) is 0 Å². The highest BCUT2D eigenvalue weighted by atomic mass is 32.1. The van der Waals surface area contributed by atoms with Crippen LogP contribution in [0.5, 0.6) is 0 Å². The van der Waals surface area contributed by atoms with Gasteiger partial charge in [-0.1, -0.05) is 56.4 Å². The van der Waals surface area contributed by atoms with E-state index in [1.165, 1.54) is 37.5 Å². The fourth-order valence-electron chi connectivity index (χ4n) is 4.14. The number of nitrogens with two attached hydrogens (primary N) is 1. The van der Waals surface area contributed by atoms with Crippen molar-refractivity contribution < 1.29 is 37.0 Å². The van der Waals surface area contributed by atoms with Crippen molar-refractivity contribution in [2.75, 3.05) is 4.90 Å². The molecule has 0 saturated heterocycles. The number of halogens is 4. The number of aliphatic carboxylic acids is 1. The number of benzene rings is 1. The van der Waals surface area contributed by atoms with E-state index in [1.807, 2.05) is 0 Å². The summed E-state index contributed by atoms with van der Waals surface area (Å²) in [6.45, 7) is 4.44. The quantitative estimate of drug-likeness (QED) is 0.150. The first-order chi connectivity index (χ1) is 19.8. The number of pyridine rings is 1. The number of nitrogens with zero attached hydrogens (tertiary/aromatic N) is 3. The molecule has 2 unspecified atom stereocenters. The summed E-state index contributed by atoms with van der Waals surface area (Å²) in [7, 11) is 0. The second kappa shape index (κ2) is 14.1. The van der Waals surface area contributed by atoms with Gasteiger partial charge in [0.1, 0.15) is 17.3 Å². The smallest absolute Gasteiger partial charge is 0.421 e. The summed E-state index contributed by atoms with van der Waals surface area (Å²) in [6.07, 6.45) is 0.990. The summed E-state index contributed by atoms with van der Waals surface area (Å²) in [5, 5.41) is 8.29. The number of hydrogen-bond acceptors (Lipinski definition) is 7. The van der Waals surface area contributed by atoms with Crippen LogP contribution in [0.2, 0.25) is 0 Å². The van der Waals surface area contributed by atoms with E-state index in [4.69, 9.17) is 10.5 Å². The fourth-order valence-corrected chi connectivity index (χ4v) is 4.97. The molecule has 8 nitrogen and oxygen atoms in total. The fraction of sp³-hybridized carbons (Fsp3) is 0.448. The standard InChI is InChI=1S/C29H34F4N4O4S/c1-4-5-6-7-8-9-11-19-13-14-21(16-22(19)29(31,32)33)37(27(40)41-18(2)28(3,34)25(38)39)26-36-23(24(30)42-26)20-12-10-15-35-17-20/h10,12-18H,4-9,11,34H2,1-3H3,(H,38,39). The summed E-state index contributed by atoms with van der Waals surface area (Å²) in [5.41, 5.74) is 2.72. The van der Waals surface area contributed by atoms with Crippen LogP contribution in [0.1, 0.15) is 70.4 Å². The third-order valence-electron chi connectivity index (χ3n) is 6.92. The molecular formula is C29H34F4N4O4S. The van der Waals surface area contributed by atoms with Crippen LogP contribution in [0.3, 0.4) is 0 Å². The van der Waals surface area contributed by atoms with Gasteiger partial charge in [-0.05, 0) is 56.5 Å². The first kappa shape index (κ1) is 32.9. The van der Waals surface area contributed by atoms with E-state index in [1.54, 1.807) is 6.07 Å². The molecule has 0 aliphatic rings. The summed E-state index contributed by atoms with van der Waals surface area (Å²) < 4.78 is 63.0. The van der Waals surface area contributed by atoms with Gasteiger partial charge in [0, 0.05) is 18.0 Å². The third-order valence-corrected chi connectivity index (χ3v) is 7.75. The van der Waals surface area contributed by atoms with E-state index >= 15 is 4.39 Å². The largest absolute Gasteiger partial charge is 0.480 e. The molecule has 13 heteroatoms. The molecule has 3 aromatic rings. The first-order valence-corrected chi connectivity index (χ1v) is 14.4. The van der Waals surface area contributed by atoms with Crippen molar-refractivity contribution in [3.8, 4) is 11.3 Å². The lowest BCUT2D eigenvalue weighted by Crippen LogP contribution is -2.55. The molecule has 3 rings (SSSR count). The molecule has 0 aliphatic carbocycles. The second-order valence-corrected chi connectivity index (χ2v) is 11.1. The van der Waals surface area contributed by atoms with Gasteiger partial charge in [-0.15, -0.1) is 0 Å². The number of unbranched alkanes of at least 4 members (excludes halogenated alkanes) is 5. The topological polar surface area (TPSA) is 119 Å². The van der Waals surface area contributed by atoms with E-state index in [-0.39, 0.29) is 34.1 Å².